The number of nitrogens with one attached hydrogen (secondary N) is 2. The molecule has 0 saturated carbocycles. The molecule has 0 bridgehead atoms. The highest BCUT2D eigenvalue weighted by Gasteiger charge is 2.17. The van der Waals surface area contributed by atoms with Crippen molar-refractivity contribution in [2.24, 2.45) is 10.9 Å². The Morgan fingerprint density at radius 1 is 1.26 bits per heavy atom. The van der Waals surface area contributed by atoms with Crippen LogP contribution < -0.4 is 10.6 Å². The van der Waals surface area contributed by atoms with Crippen LogP contribution in [-0.4, -0.2) is 51.5 Å². The molecule has 2 fully saturated rings. The van der Waals surface area contributed by atoms with E-state index < -0.39 is 0 Å². The van der Waals surface area contributed by atoms with Crippen LogP contribution in [-0.2, 0) is 15.9 Å². The molecule has 2 saturated heterocycles. The lowest BCUT2D eigenvalue weighted by molar-refractivity contribution is 0.113. The predicted octanol–water partition coefficient (Wildman–Crippen LogP) is 1.57. The number of ether oxygens (including phenoxy) is 2. The lowest BCUT2D eigenvalue weighted by Crippen LogP contribution is -2.42. The Morgan fingerprint density at radius 2 is 2.26 bits per heavy atom. The van der Waals surface area contributed by atoms with Gasteiger partial charge in [0.05, 0.1) is 19.0 Å². The average molecular weight is 321 g/mol. The van der Waals surface area contributed by atoms with E-state index in [1.54, 1.807) is 6.26 Å². The van der Waals surface area contributed by atoms with Gasteiger partial charge in [-0.3, -0.25) is 4.99 Å². The fourth-order valence-corrected chi connectivity index (χ4v) is 2.90. The molecule has 0 amide bonds. The van der Waals surface area contributed by atoms with Gasteiger partial charge in [-0.25, -0.2) is 0 Å². The summed E-state index contributed by atoms with van der Waals surface area (Å²) in [6.45, 7) is 4.99. The van der Waals surface area contributed by atoms with Gasteiger partial charge in [-0.05, 0) is 31.4 Å². The Morgan fingerprint density at radius 3 is 3.00 bits per heavy atom. The van der Waals surface area contributed by atoms with Gasteiger partial charge in [0.15, 0.2) is 5.96 Å². The van der Waals surface area contributed by atoms with Gasteiger partial charge in [0.2, 0.25) is 0 Å². The molecule has 1 aromatic heterocycles. The van der Waals surface area contributed by atoms with Crippen molar-refractivity contribution in [2.75, 3.05) is 39.5 Å². The first-order valence-corrected chi connectivity index (χ1v) is 8.64. The number of furan rings is 1. The van der Waals surface area contributed by atoms with Crippen LogP contribution in [0.3, 0.4) is 0 Å². The third kappa shape index (κ3) is 5.55. The van der Waals surface area contributed by atoms with Crippen LogP contribution in [0.1, 0.15) is 25.0 Å². The van der Waals surface area contributed by atoms with Crippen LogP contribution in [0.2, 0.25) is 0 Å². The second-order valence-corrected chi connectivity index (χ2v) is 6.19. The van der Waals surface area contributed by atoms with Crippen molar-refractivity contribution in [3.8, 4) is 0 Å². The largest absolute Gasteiger partial charge is 0.469 e. The van der Waals surface area contributed by atoms with Crippen LogP contribution in [0.15, 0.2) is 27.8 Å². The van der Waals surface area contributed by atoms with Crippen molar-refractivity contribution in [3.63, 3.8) is 0 Å². The summed E-state index contributed by atoms with van der Waals surface area (Å²) in [6.07, 6.45) is 6.25. The number of hydrogen-bond donors (Lipinski definition) is 2. The van der Waals surface area contributed by atoms with Gasteiger partial charge in [-0.2, -0.15) is 0 Å². The summed E-state index contributed by atoms with van der Waals surface area (Å²) < 4.78 is 16.4. The molecule has 1 aromatic rings. The van der Waals surface area contributed by atoms with Gasteiger partial charge in [0.25, 0.3) is 0 Å². The zero-order chi connectivity index (χ0) is 15.7. The molecule has 0 aromatic carbocycles. The van der Waals surface area contributed by atoms with E-state index >= 15 is 0 Å². The van der Waals surface area contributed by atoms with Gasteiger partial charge < -0.3 is 24.5 Å². The molecule has 2 N–H and O–H groups in total. The number of guanidine groups is 1. The monoisotopic (exact) mass is 321 g/mol. The van der Waals surface area contributed by atoms with Crippen LogP contribution in [0, 0.1) is 5.92 Å². The van der Waals surface area contributed by atoms with Gasteiger partial charge >= 0.3 is 0 Å². The first-order chi connectivity index (χ1) is 11.4. The smallest absolute Gasteiger partial charge is 0.191 e. The third-order valence-corrected chi connectivity index (χ3v) is 4.30. The third-order valence-electron chi connectivity index (χ3n) is 4.30. The number of hydrogen-bond acceptors (Lipinski definition) is 4. The predicted molar refractivity (Wildman–Crippen MR) is 88.6 cm³/mol. The molecule has 6 heteroatoms. The highest BCUT2D eigenvalue weighted by Crippen LogP contribution is 2.12. The summed E-state index contributed by atoms with van der Waals surface area (Å²) in [7, 11) is 0. The van der Waals surface area contributed by atoms with Crippen LogP contribution in [0.5, 0.6) is 0 Å². The highest BCUT2D eigenvalue weighted by molar-refractivity contribution is 5.79. The van der Waals surface area contributed by atoms with Gasteiger partial charge in [0, 0.05) is 45.2 Å². The topological polar surface area (TPSA) is 68.0 Å². The van der Waals surface area contributed by atoms with Crippen LogP contribution in [0.4, 0.5) is 0 Å². The standard InChI is InChI=1S/C17H27N3O3/c1-3-15(22-8-1)5-7-18-17(19-11-14-6-10-21-13-14)20-12-16-4-2-9-23-16/h1,3,8,14,16H,2,4-7,9-13H2,(H2,18,19,20). The first-order valence-electron chi connectivity index (χ1n) is 8.64. The van der Waals surface area contributed by atoms with Crippen molar-refractivity contribution in [1.29, 1.82) is 0 Å². The highest BCUT2D eigenvalue weighted by atomic mass is 16.5. The number of aliphatic imine (C=N–C) groups is 1. The molecule has 128 valence electrons. The van der Waals surface area contributed by atoms with Gasteiger partial charge in [-0.15, -0.1) is 0 Å². The van der Waals surface area contributed by atoms with E-state index in [4.69, 9.17) is 18.9 Å². The van der Waals surface area contributed by atoms with E-state index in [9.17, 15) is 0 Å². The van der Waals surface area contributed by atoms with Crippen molar-refractivity contribution in [1.82, 2.24) is 10.6 Å². The van der Waals surface area contributed by atoms with Crippen LogP contribution >= 0.6 is 0 Å². The lowest BCUT2D eigenvalue weighted by atomic mass is 10.1. The Kier molecular flexibility index (Phi) is 6.34. The minimum absolute atomic E-state index is 0.307. The van der Waals surface area contributed by atoms with E-state index in [0.29, 0.717) is 12.0 Å². The second kappa shape index (κ2) is 8.93. The van der Waals surface area contributed by atoms with E-state index in [1.165, 1.54) is 0 Å². The summed E-state index contributed by atoms with van der Waals surface area (Å²) in [5.74, 6) is 2.39. The fourth-order valence-electron chi connectivity index (χ4n) is 2.90. The molecular weight excluding hydrogens is 294 g/mol. The molecule has 2 aliphatic heterocycles. The SMILES string of the molecule is c1coc(CCNC(=NCC2CCOC2)NCC2CCCO2)c1. The summed E-state index contributed by atoms with van der Waals surface area (Å²) in [5.41, 5.74) is 0. The second-order valence-electron chi connectivity index (χ2n) is 6.19. The molecule has 2 atom stereocenters. The molecule has 3 heterocycles. The molecule has 0 radical (unpaired) electrons. The molecule has 3 rings (SSSR count). The Bertz CT molecular complexity index is 463. The molecule has 2 unspecified atom stereocenters. The van der Waals surface area contributed by atoms with E-state index in [-0.39, 0.29) is 0 Å². The van der Waals surface area contributed by atoms with E-state index in [1.807, 2.05) is 12.1 Å². The normalized spacial score (nSPS) is 25.0. The van der Waals surface area contributed by atoms with Gasteiger partial charge in [0.1, 0.15) is 5.76 Å². The zero-order valence-electron chi connectivity index (χ0n) is 13.6. The van der Waals surface area contributed by atoms with Gasteiger partial charge in [-0.1, -0.05) is 0 Å². The Hall–Kier alpha value is -1.53. The molecule has 6 nitrogen and oxygen atoms in total. The maximum atomic E-state index is 5.66. The maximum absolute atomic E-state index is 5.66. The molecule has 0 spiro atoms. The van der Waals surface area contributed by atoms with Crippen molar-refractivity contribution < 1.29 is 13.9 Å². The zero-order valence-corrected chi connectivity index (χ0v) is 13.6. The van der Waals surface area contributed by atoms with Crippen LogP contribution in [0.25, 0.3) is 0 Å². The minimum Gasteiger partial charge on any atom is -0.469 e. The van der Waals surface area contributed by atoms with Crippen molar-refractivity contribution in [3.05, 3.63) is 24.2 Å². The molecule has 2 aliphatic rings. The summed E-state index contributed by atoms with van der Waals surface area (Å²) in [5, 5.41) is 6.80. The lowest BCUT2D eigenvalue weighted by Gasteiger charge is -2.16. The molecule has 0 aliphatic carbocycles. The summed E-state index contributed by atoms with van der Waals surface area (Å²) in [6, 6.07) is 3.91. The summed E-state index contributed by atoms with van der Waals surface area (Å²) >= 11 is 0. The van der Waals surface area contributed by atoms with E-state index in [0.717, 1.165) is 76.9 Å². The Labute approximate surface area is 137 Å². The average Bonchev–Trinajstić information content (AvgIpc) is 3.33. The maximum Gasteiger partial charge on any atom is 0.191 e. The minimum atomic E-state index is 0.307. The molecular formula is C17H27N3O3. The summed E-state index contributed by atoms with van der Waals surface area (Å²) in [4.78, 5) is 4.71. The first kappa shape index (κ1) is 16.3. The molecule has 23 heavy (non-hydrogen) atoms. The number of rotatable bonds is 7. The van der Waals surface area contributed by atoms with Crippen molar-refractivity contribution >= 4 is 5.96 Å². The van der Waals surface area contributed by atoms with E-state index in [2.05, 4.69) is 10.6 Å². The number of nitrogens with zero attached hydrogens (tertiary/aromatic N) is 1. The van der Waals surface area contributed by atoms with Crippen molar-refractivity contribution in [2.45, 2.75) is 31.8 Å². The fraction of sp³-hybridized carbons (Fsp3) is 0.706. The Balaban J connectivity index is 1.45. The quantitative estimate of drug-likeness (QED) is 0.589.